The third-order valence-corrected chi connectivity index (χ3v) is 9.45. The molecule has 0 bridgehead atoms. The third-order valence-electron chi connectivity index (χ3n) is 7.87. The zero-order valence-corrected chi connectivity index (χ0v) is 22.0. The molecule has 2 fully saturated rings. The Bertz CT molecular complexity index is 1460. The van der Waals surface area contributed by atoms with Crippen molar-refractivity contribution in [1.29, 1.82) is 0 Å². The Labute approximate surface area is 218 Å². The smallest absolute Gasteiger partial charge is 0.219 e. The first-order valence-corrected chi connectivity index (χ1v) is 13.4. The molecule has 2 saturated heterocycles. The van der Waals surface area contributed by atoms with Crippen LogP contribution in [0.25, 0.3) is 16.6 Å². The zero-order valence-electron chi connectivity index (χ0n) is 20.4. The van der Waals surface area contributed by atoms with Crippen LogP contribution in [-0.2, 0) is 11.8 Å². The van der Waals surface area contributed by atoms with Crippen LogP contribution < -0.4 is 10.6 Å². The normalized spacial score (nSPS) is 20.1. The highest BCUT2D eigenvalue weighted by atomic mass is 35.5. The summed E-state index contributed by atoms with van der Waals surface area (Å²) in [4.78, 5) is 27.4. The number of halogens is 1. The molecule has 2 N–H and O–H groups in total. The van der Waals surface area contributed by atoms with Crippen LogP contribution in [0.5, 0.6) is 0 Å². The second kappa shape index (κ2) is 8.93. The number of aryl methyl sites for hydroxylation is 1. The van der Waals surface area contributed by atoms with E-state index in [0.29, 0.717) is 11.6 Å². The largest absolute Gasteiger partial charge is 0.342 e. The number of aromatic nitrogens is 5. The van der Waals surface area contributed by atoms with E-state index >= 15 is 0 Å². The number of piperidine rings is 2. The number of imidazole rings is 1. The van der Waals surface area contributed by atoms with Gasteiger partial charge in [0.05, 0.1) is 15.4 Å². The summed E-state index contributed by atoms with van der Waals surface area (Å²) in [7, 11) is 1.89. The number of rotatable bonds is 3. The molecule has 2 aliphatic heterocycles. The number of likely N-dealkylation sites (tertiary alicyclic amines) is 1. The fourth-order valence-electron chi connectivity index (χ4n) is 5.67. The van der Waals surface area contributed by atoms with E-state index in [1.165, 1.54) is 0 Å². The highest BCUT2D eigenvalue weighted by Gasteiger charge is 2.44. The van der Waals surface area contributed by atoms with Crippen molar-refractivity contribution in [3.63, 3.8) is 0 Å². The Kier molecular flexibility index (Phi) is 5.85. The second-order valence-electron chi connectivity index (χ2n) is 9.93. The topological polar surface area (TPSA) is 97.6 Å². The molecule has 2 aliphatic rings. The van der Waals surface area contributed by atoms with E-state index in [1.54, 1.807) is 23.4 Å². The summed E-state index contributed by atoms with van der Waals surface area (Å²) in [5.74, 6) is 1.01. The van der Waals surface area contributed by atoms with E-state index in [0.717, 1.165) is 71.2 Å². The van der Waals surface area contributed by atoms with E-state index < -0.39 is 0 Å². The number of amides is 1. The van der Waals surface area contributed by atoms with Crippen LogP contribution >= 0.6 is 23.4 Å². The lowest BCUT2D eigenvalue weighted by molar-refractivity contribution is -0.132. The summed E-state index contributed by atoms with van der Waals surface area (Å²) < 4.78 is 3.84. The number of carbonyl (C=O) groups excluding carboxylic acids is 1. The van der Waals surface area contributed by atoms with Crippen molar-refractivity contribution >= 4 is 51.8 Å². The minimum Gasteiger partial charge on any atom is -0.342 e. The van der Waals surface area contributed by atoms with Gasteiger partial charge in [0.1, 0.15) is 0 Å². The SMILES string of the molecule is CC(=O)N1CCC2(CCN(c3ncc(Sc4ccc5nn(C)cc5c4Cl)c4nccn34)CC2)C(N)C1. The van der Waals surface area contributed by atoms with Gasteiger partial charge in [-0.15, -0.1) is 0 Å². The average molecular weight is 525 g/mol. The van der Waals surface area contributed by atoms with Crippen LogP contribution in [0, 0.1) is 5.41 Å². The average Bonchev–Trinajstić information content (AvgIpc) is 3.50. The summed E-state index contributed by atoms with van der Waals surface area (Å²) in [6.45, 7) is 4.83. The number of hydrogen-bond acceptors (Lipinski definition) is 7. The van der Waals surface area contributed by atoms with E-state index in [4.69, 9.17) is 22.3 Å². The van der Waals surface area contributed by atoms with Crippen LogP contribution in [0.2, 0.25) is 5.02 Å². The molecule has 11 heteroatoms. The first-order chi connectivity index (χ1) is 17.3. The number of nitrogens with zero attached hydrogens (tertiary/aromatic N) is 7. The standard InChI is InChI=1S/C25H29ClN8OS/c1-16(35)33-11-7-25(21(27)15-33)5-9-32(10-6-25)24-29-13-20(23-28-8-12-34(23)24)36-19-4-3-18-17(22(19)26)14-31(2)30-18/h3-4,8,12-14,21H,5-7,9-11,15,27H2,1-2H3. The Morgan fingerprint density at radius 1 is 1.17 bits per heavy atom. The molecule has 0 aliphatic carbocycles. The molecule has 0 radical (unpaired) electrons. The van der Waals surface area contributed by atoms with Gasteiger partial charge in [-0.05, 0) is 36.8 Å². The zero-order chi connectivity index (χ0) is 25.0. The molecule has 1 aromatic carbocycles. The molecule has 1 unspecified atom stereocenters. The monoisotopic (exact) mass is 524 g/mol. The van der Waals surface area contributed by atoms with Crippen LogP contribution in [0.3, 0.4) is 0 Å². The number of nitrogens with two attached hydrogens (primary N) is 1. The van der Waals surface area contributed by atoms with Crippen LogP contribution in [-0.4, -0.2) is 67.2 Å². The molecule has 6 rings (SSSR count). The van der Waals surface area contributed by atoms with Gasteiger partial charge >= 0.3 is 0 Å². The molecule has 188 valence electrons. The summed E-state index contributed by atoms with van der Waals surface area (Å²) in [6, 6.07) is 4.00. The summed E-state index contributed by atoms with van der Waals surface area (Å²) in [5.41, 5.74) is 8.44. The van der Waals surface area contributed by atoms with Gasteiger partial charge in [0, 0.05) is 81.3 Å². The second-order valence-corrected chi connectivity index (χ2v) is 11.4. The Morgan fingerprint density at radius 2 is 1.94 bits per heavy atom. The Morgan fingerprint density at radius 3 is 2.69 bits per heavy atom. The predicted octanol–water partition coefficient (Wildman–Crippen LogP) is 3.59. The van der Waals surface area contributed by atoms with Gasteiger partial charge in [-0.25, -0.2) is 9.97 Å². The molecular weight excluding hydrogens is 496 g/mol. The Hall–Kier alpha value is -2.82. The number of anilines is 1. The van der Waals surface area contributed by atoms with Gasteiger partial charge in [0.25, 0.3) is 0 Å². The van der Waals surface area contributed by atoms with Gasteiger partial charge in [0.15, 0.2) is 5.65 Å². The summed E-state index contributed by atoms with van der Waals surface area (Å²) >= 11 is 8.30. The maximum atomic E-state index is 11.8. The molecule has 1 spiro atoms. The van der Waals surface area contributed by atoms with Crippen LogP contribution in [0.1, 0.15) is 26.2 Å². The lowest BCUT2D eigenvalue weighted by Crippen LogP contribution is -2.59. The van der Waals surface area contributed by atoms with Gasteiger partial charge in [0.2, 0.25) is 11.9 Å². The van der Waals surface area contributed by atoms with Gasteiger partial charge in [-0.3, -0.25) is 13.9 Å². The predicted molar refractivity (Wildman–Crippen MR) is 142 cm³/mol. The summed E-state index contributed by atoms with van der Waals surface area (Å²) in [6.07, 6.45) is 10.6. The molecule has 1 amide bonds. The number of fused-ring (bicyclic) bond motifs is 2. The highest BCUT2D eigenvalue weighted by molar-refractivity contribution is 7.99. The quantitative estimate of drug-likeness (QED) is 0.437. The molecule has 4 aromatic rings. The molecule has 5 heterocycles. The van der Waals surface area contributed by atoms with Crippen molar-refractivity contribution in [3.8, 4) is 0 Å². The molecule has 9 nitrogen and oxygen atoms in total. The van der Waals surface area contributed by atoms with Crippen LogP contribution in [0.15, 0.2) is 46.7 Å². The third kappa shape index (κ3) is 3.91. The van der Waals surface area contributed by atoms with Crippen molar-refractivity contribution < 1.29 is 4.79 Å². The molecule has 0 saturated carbocycles. The molecular formula is C25H29ClN8OS. The minimum atomic E-state index is 0.0131. The molecule has 36 heavy (non-hydrogen) atoms. The molecule has 3 aromatic heterocycles. The van der Waals surface area contributed by atoms with Crippen molar-refractivity contribution in [3.05, 3.63) is 41.9 Å². The fraction of sp³-hybridized carbons (Fsp3) is 0.440. The van der Waals surface area contributed by atoms with Crippen molar-refractivity contribution in [2.45, 2.75) is 42.0 Å². The van der Waals surface area contributed by atoms with Gasteiger partial charge < -0.3 is 15.5 Å². The number of hydrogen-bond donors (Lipinski definition) is 1. The molecule has 1 atom stereocenters. The first-order valence-electron chi connectivity index (χ1n) is 12.2. The summed E-state index contributed by atoms with van der Waals surface area (Å²) in [5, 5.41) is 6.06. The van der Waals surface area contributed by atoms with E-state index in [1.807, 2.05) is 48.9 Å². The minimum absolute atomic E-state index is 0.0131. The van der Waals surface area contributed by atoms with Gasteiger partial charge in [-0.2, -0.15) is 5.10 Å². The number of benzene rings is 1. The maximum absolute atomic E-state index is 11.8. The van der Waals surface area contributed by atoms with Gasteiger partial charge in [-0.1, -0.05) is 23.4 Å². The Balaban J connectivity index is 1.23. The lowest BCUT2D eigenvalue weighted by Gasteiger charge is -2.50. The highest BCUT2D eigenvalue weighted by Crippen LogP contribution is 2.42. The first kappa shape index (κ1) is 23.6. The van der Waals surface area contributed by atoms with E-state index in [2.05, 4.69) is 19.4 Å². The van der Waals surface area contributed by atoms with E-state index in [-0.39, 0.29) is 17.4 Å². The van der Waals surface area contributed by atoms with Crippen molar-refractivity contribution in [2.75, 3.05) is 31.1 Å². The van der Waals surface area contributed by atoms with E-state index in [9.17, 15) is 4.79 Å². The number of carbonyl (C=O) groups is 1. The lowest BCUT2D eigenvalue weighted by atomic mass is 9.68. The maximum Gasteiger partial charge on any atom is 0.219 e. The fourth-order valence-corrected chi connectivity index (χ4v) is 6.91. The van der Waals surface area contributed by atoms with Crippen molar-refractivity contribution in [1.82, 2.24) is 29.0 Å². The van der Waals surface area contributed by atoms with Crippen molar-refractivity contribution in [2.24, 2.45) is 18.2 Å². The van der Waals surface area contributed by atoms with Crippen LogP contribution in [0.4, 0.5) is 5.95 Å².